The minimum Gasteiger partial charge on any atom is -0.467 e. The molecule has 1 aromatic carbocycles. The van der Waals surface area contributed by atoms with E-state index in [1.165, 1.54) is 7.11 Å². The van der Waals surface area contributed by atoms with Crippen molar-refractivity contribution in [2.45, 2.75) is 31.8 Å². The van der Waals surface area contributed by atoms with Crippen molar-refractivity contribution in [2.75, 3.05) is 27.7 Å². The summed E-state index contributed by atoms with van der Waals surface area (Å²) in [5, 5.41) is 3.41. The van der Waals surface area contributed by atoms with Crippen LogP contribution in [-0.2, 0) is 15.1 Å². The maximum absolute atomic E-state index is 12.5. The van der Waals surface area contributed by atoms with Gasteiger partial charge in [0.2, 0.25) is 0 Å². The number of esters is 1. The van der Waals surface area contributed by atoms with Crippen LogP contribution in [-0.4, -0.2) is 44.7 Å². The molecule has 0 aliphatic heterocycles. The van der Waals surface area contributed by atoms with Gasteiger partial charge < -0.3 is 9.64 Å². The highest BCUT2D eigenvalue weighted by Gasteiger charge is 2.41. The third-order valence-corrected chi connectivity index (χ3v) is 3.27. The van der Waals surface area contributed by atoms with Crippen molar-refractivity contribution in [2.24, 2.45) is 0 Å². The van der Waals surface area contributed by atoms with E-state index in [-0.39, 0.29) is 12.0 Å². The summed E-state index contributed by atoms with van der Waals surface area (Å²) in [4.78, 5) is 14.6. The van der Waals surface area contributed by atoms with Crippen LogP contribution in [0.4, 0.5) is 0 Å². The monoisotopic (exact) mass is 278 g/mol. The summed E-state index contributed by atoms with van der Waals surface area (Å²) in [5.41, 5.74) is 0.149. The smallest absolute Gasteiger partial charge is 0.330 e. The Kier molecular flexibility index (Phi) is 6.17. The third-order valence-electron chi connectivity index (χ3n) is 3.27. The fourth-order valence-corrected chi connectivity index (χ4v) is 2.36. The SMILES string of the molecule is COC(=O)C(CCN(C)C)(NC(C)C)c1ccccc1. The first-order valence-corrected chi connectivity index (χ1v) is 6.98. The van der Waals surface area contributed by atoms with Crippen LogP contribution in [0.3, 0.4) is 0 Å². The molecule has 1 N–H and O–H groups in total. The largest absolute Gasteiger partial charge is 0.467 e. The molecule has 0 saturated heterocycles. The predicted octanol–water partition coefficient (Wildman–Crippen LogP) is 2.00. The lowest BCUT2D eigenvalue weighted by molar-refractivity contribution is -0.150. The van der Waals surface area contributed by atoms with Gasteiger partial charge in [-0.15, -0.1) is 0 Å². The maximum Gasteiger partial charge on any atom is 0.330 e. The van der Waals surface area contributed by atoms with Crippen molar-refractivity contribution in [3.05, 3.63) is 35.9 Å². The van der Waals surface area contributed by atoms with Gasteiger partial charge in [0.05, 0.1) is 7.11 Å². The molecule has 0 saturated carbocycles. The van der Waals surface area contributed by atoms with Gasteiger partial charge in [-0.3, -0.25) is 5.32 Å². The molecular weight excluding hydrogens is 252 g/mol. The van der Waals surface area contributed by atoms with Crippen LogP contribution in [0, 0.1) is 0 Å². The van der Waals surface area contributed by atoms with E-state index in [0.717, 1.165) is 12.1 Å². The minimum atomic E-state index is -0.797. The van der Waals surface area contributed by atoms with Crippen LogP contribution >= 0.6 is 0 Å². The van der Waals surface area contributed by atoms with Crippen molar-refractivity contribution in [1.82, 2.24) is 10.2 Å². The second-order valence-corrected chi connectivity index (χ2v) is 5.62. The average Bonchev–Trinajstić information content (AvgIpc) is 2.43. The van der Waals surface area contributed by atoms with Crippen molar-refractivity contribution < 1.29 is 9.53 Å². The molecular formula is C16H26N2O2. The maximum atomic E-state index is 12.5. The summed E-state index contributed by atoms with van der Waals surface area (Å²) in [7, 11) is 5.45. The zero-order valence-electron chi connectivity index (χ0n) is 13.1. The van der Waals surface area contributed by atoms with Crippen molar-refractivity contribution >= 4 is 5.97 Å². The van der Waals surface area contributed by atoms with E-state index < -0.39 is 5.54 Å². The molecule has 0 aliphatic rings. The number of carbonyl (C=O) groups excluding carboxylic acids is 1. The van der Waals surface area contributed by atoms with Gasteiger partial charge in [-0.1, -0.05) is 30.3 Å². The highest BCUT2D eigenvalue weighted by atomic mass is 16.5. The van der Waals surface area contributed by atoms with E-state index in [0.29, 0.717) is 6.42 Å². The number of hydrogen-bond acceptors (Lipinski definition) is 4. The first-order chi connectivity index (χ1) is 9.42. The first kappa shape index (κ1) is 16.7. The summed E-state index contributed by atoms with van der Waals surface area (Å²) in [6.07, 6.45) is 0.662. The van der Waals surface area contributed by atoms with Crippen LogP contribution in [0.15, 0.2) is 30.3 Å². The fourth-order valence-electron chi connectivity index (χ4n) is 2.36. The molecule has 4 nitrogen and oxygen atoms in total. The number of rotatable bonds is 7. The Balaban J connectivity index is 3.21. The van der Waals surface area contributed by atoms with Crippen molar-refractivity contribution in [3.63, 3.8) is 0 Å². The molecule has 0 radical (unpaired) electrons. The molecule has 112 valence electrons. The average molecular weight is 278 g/mol. The zero-order valence-corrected chi connectivity index (χ0v) is 13.1. The number of benzene rings is 1. The van der Waals surface area contributed by atoms with Gasteiger partial charge in [0.15, 0.2) is 0 Å². The van der Waals surface area contributed by atoms with E-state index in [4.69, 9.17) is 4.74 Å². The third kappa shape index (κ3) is 4.05. The molecule has 1 aromatic rings. The number of hydrogen-bond donors (Lipinski definition) is 1. The molecule has 1 rings (SSSR count). The van der Waals surface area contributed by atoms with Crippen LogP contribution in [0.1, 0.15) is 25.8 Å². The molecule has 0 spiro atoms. The number of methoxy groups -OCH3 is 1. The van der Waals surface area contributed by atoms with Crippen LogP contribution < -0.4 is 5.32 Å². The Labute approximate surface area is 122 Å². The summed E-state index contributed by atoms with van der Waals surface area (Å²) in [5.74, 6) is -0.237. The van der Waals surface area contributed by atoms with Crippen LogP contribution in [0.2, 0.25) is 0 Å². The Morgan fingerprint density at radius 3 is 2.35 bits per heavy atom. The second-order valence-electron chi connectivity index (χ2n) is 5.62. The Morgan fingerprint density at radius 1 is 1.30 bits per heavy atom. The molecule has 1 atom stereocenters. The molecule has 0 heterocycles. The molecule has 0 aliphatic carbocycles. The molecule has 0 bridgehead atoms. The van der Waals surface area contributed by atoms with Gasteiger partial charge in [0, 0.05) is 12.6 Å². The highest BCUT2D eigenvalue weighted by molar-refractivity contribution is 5.82. The minimum absolute atomic E-state index is 0.177. The van der Waals surface area contributed by atoms with Gasteiger partial charge in [-0.05, 0) is 39.9 Å². The Morgan fingerprint density at radius 2 is 1.90 bits per heavy atom. The Hall–Kier alpha value is -1.39. The van der Waals surface area contributed by atoms with E-state index in [1.807, 2.05) is 58.3 Å². The van der Waals surface area contributed by atoms with Gasteiger partial charge in [-0.25, -0.2) is 4.79 Å². The summed E-state index contributed by atoms with van der Waals surface area (Å²) >= 11 is 0. The molecule has 0 fully saturated rings. The molecule has 4 heteroatoms. The lowest BCUT2D eigenvalue weighted by atomic mass is 9.85. The number of nitrogens with one attached hydrogen (secondary N) is 1. The molecule has 20 heavy (non-hydrogen) atoms. The quantitative estimate of drug-likeness (QED) is 0.775. The standard InChI is InChI=1S/C16H26N2O2/c1-13(2)17-16(15(19)20-5,11-12-18(3)4)14-9-7-6-8-10-14/h6-10,13,17H,11-12H2,1-5H3. The van der Waals surface area contributed by atoms with Crippen molar-refractivity contribution in [3.8, 4) is 0 Å². The van der Waals surface area contributed by atoms with Crippen LogP contribution in [0.25, 0.3) is 0 Å². The van der Waals surface area contributed by atoms with E-state index in [1.54, 1.807) is 0 Å². The number of carbonyl (C=O) groups is 1. The highest BCUT2D eigenvalue weighted by Crippen LogP contribution is 2.28. The lowest BCUT2D eigenvalue weighted by Gasteiger charge is -2.35. The van der Waals surface area contributed by atoms with Gasteiger partial charge in [-0.2, -0.15) is 0 Å². The summed E-state index contributed by atoms with van der Waals surface area (Å²) in [6.45, 7) is 4.87. The van der Waals surface area contributed by atoms with E-state index >= 15 is 0 Å². The first-order valence-electron chi connectivity index (χ1n) is 6.98. The van der Waals surface area contributed by atoms with Gasteiger partial charge >= 0.3 is 5.97 Å². The van der Waals surface area contributed by atoms with Crippen LogP contribution in [0.5, 0.6) is 0 Å². The summed E-state index contributed by atoms with van der Waals surface area (Å²) < 4.78 is 5.08. The molecule has 0 aromatic heterocycles. The fraction of sp³-hybridized carbons (Fsp3) is 0.562. The van der Waals surface area contributed by atoms with Gasteiger partial charge in [0.25, 0.3) is 0 Å². The molecule has 1 unspecified atom stereocenters. The molecule has 0 amide bonds. The number of nitrogens with zero attached hydrogens (tertiary/aromatic N) is 1. The second kappa shape index (κ2) is 7.41. The Bertz CT molecular complexity index is 418. The normalized spacial score (nSPS) is 14.3. The van der Waals surface area contributed by atoms with E-state index in [9.17, 15) is 4.79 Å². The van der Waals surface area contributed by atoms with Crippen molar-refractivity contribution in [1.29, 1.82) is 0 Å². The lowest BCUT2D eigenvalue weighted by Crippen LogP contribution is -2.53. The van der Waals surface area contributed by atoms with Gasteiger partial charge in [0.1, 0.15) is 5.54 Å². The predicted molar refractivity (Wildman–Crippen MR) is 81.6 cm³/mol. The van der Waals surface area contributed by atoms with E-state index in [2.05, 4.69) is 10.2 Å². The topological polar surface area (TPSA) is 41.6 Å². The number of ether oxygens (including phenoxy) is 1. The zero-order chi connectivity index (χ0) is 15.2. The summed E-state index contributed by atoms with van der Waals surface area (Å²) in [6, 6.07) is 9.98.